The SMILES string of the molecule is CC(C)OC(=O)NC1CCC(c2ncc(-c3ccc(N)cc3S(=O)(=O)N3CCC3)s2)CC1.CC(C)OC(=O)NC1CCC(c2ncc(Br)s2)CC1.Cc1ccc(N)cc1S(=O)(=O)N1CCC1. The fourth-order valence-corrected chi connectivity index (χ4v) is 14.2. The zero-order valence-corrected chi connectivity index (χ0v) is 43.1. The lowest BCUT2D eigenvalue weighted by Gasteiger charge is -2.30. The summed E-state index contributed by atoms with van der Waals surface area (Å²) in [7, 11) is -6.87. The third-order valence-corrected chi connectivity index (χ3v) is 18.7. The molecule has 4 fully saturated rings. The first-order chi connectivity index (χ1) is 31.3. The van der Waals surface area contributed by atoms with Crippen molar-refractivity contribution in [1.82, 2.24) is 29.2 Å². The Bertz CT molecular complexity index is 2490. The number of hydrogen-bond acceptors (Lipinski definition) is 14. The molecule has 2 aromatic heterocycles. The van der Waals surface area contributed by atoms with E-state index in [0.29, 0.717) is 59.8 Å². The van der Waals surface area contributed by atoms with Gasteiger partial charge in [-0.15, -0.1) is 22.7 Å². The minimum atomic E-state index is -3.57. The van der Waals surface area contributed by atoms with Gasteiger partial charge in [0.1, 0.15) is 0 Å². The third kappa shape index (κ3) is 13.6. The van der Waals surface area contributed by atoms with Crippen molar-refractivity contribution in [3.63, 3.8) is 0 Å². The molecule has 2 aliphatic heterocycles. The van der Waals surface area contributed by atoms with Crippen LogP contribution in [0, 0.1) is 6.92 Å². The number of amides is 2. The molecule has 2 aliphatic carbocycles. The van der Waals surface area contributed by atoms with Crippen LogP contribution in [0.1, 0.15) is 119 Å². The second-order valence-corrected chi connectivity index (χ2v) is 25.0. The van der Waals surface area contributed by atoms with Crippen LogP contribution in [0.5, 0.6) is 0 Å². The van der Waals surface area contributed by atoms with Gasteiger partial charge in [-0.3, -0.25) is 0 Å². The van der Waals surface area contributed by atoms with Gasteiger partial charge in [-0.1, -0.05) is 12.1 Å². The van der Waals surface area contributed by atoms with Crippen molar-refractivity contribution in [2.75, 3.05) is 37.6 Å². The number of hydrogen-bond donors (Lipinski definition) is 4. The molecule has 362 valence electrons. The number of nitrogens with zero attached hydrogens (tertiary/aromatic N) is 4. The van der Waals surface area contributed by atoms with Crippen molar-refractivity contribution in [3.05, 3.63) is 68.2 Å². The van der Waals surface area contributed by atoms with Crippen LogP contribution in [-0.4, -0.2) is 98.1 Å². The standard InChI is InChI=1S/C22H30N4O4S2.C13H19BrN2O2S.C10H14N2O2S/c1-14(2)30-22(27)25-17-7-4-15(5-8-17)21-24-13-19(31-21)18-9-6-16(23)12-20(18)32(28,29)26-10-3-11-26;1-8(2)18-13(17)16-10-5-3-9(4-6-10)12-15-7-11(14)19-12;1-8-3-4-9(11)7-10(8)15(13,14)12-5-2-6-12/h6,9,12-15,17H,3-5,7-8,10-11,23H2,1-2H3,(H,25,27);7-10H,3-6H2,1-2H3,(H,16,17);3-4,7H,2,5-6,11H2,1H3. The Morgan fingerprint density at radius 3 is 1.56 bits per heavy atom. The summed E-state index contributed by atoms with van der Waals surface area (Å²) in [6, 6.07) is 10.4. The second-order valence-electron chi connectivity index (χ2n) is 17.7. The van der Waals surface area contributed by atoms with Gasteiger partial charge in [0, 0.05) is 73.2 Å². The molecular weight excluding hydrogens is 989 g/mol. The fraction of sp³-hybridized carbons (Fsp3) is 0.556. The van der Waals surface area contributed by atoms with Crippen LogP contribution in [0.3, 0.4) is 0 Å². The predicted octanol–water partition coefficient (Wildman–Crippen LogP) is 8.99. The molecule has 2 aromatic carbocycles. The highest BCUT2D eigenvalue weighted by Gasteiger charge is 2.34. The van der Waals surface area contributed by atoms with Gasteiger partial charge in [0.25, 0.3) is 0 Å². The molecule has 16 nitrogen and oxygen atoms in total. The molecule has 0 unspecified atom stereocenters. The number of nitrogens with one attached hydrogen (secondary N) is 2. The summed E-state index contributed by atoms with van der Waals surface area (Å²) in [6.07, 6.45) is 12.3. The molecule has 4 aromatic rings. The Balaban J connectivity index is 0.000000179. The van der Waals surface area contributed by atoms with Gasteiger partial charge in [-0.2, -0.15) is 8.61 Å². The van der Waals surface area contributed by atoms with Crippen LogP contribution in [0.2, 0.25) is 0 Å². The number of rotatable bonds is 11. The van der Waals surface area contributed by atoms with Gasteiger partial charge in [0.15, 0.2) is 0 Å². The molecular formula is C45H63BrN8O8S4. The lowest BCUT2D eigenvalue weighted by atomic mass is 9.86. The number of anilines is 2. The maximum atomic E-state index is 13.1. The summed E-state index contributed by atoms with van der Waals surface area (Å²) >= 11 is 6.70. The number of ether oxygens (including phenoxy) is 2. The highest BCUT2D eigenvalue weighted by molar-refractivity contribution is 9.11. The molecule has 6 N–H and O–H groups in total. The normalized spacial score (nSPS) is 21.3. The summed E-state index contributed by atoms with van der Waals surface area (Å²) in [5.41, 5.74) is 13.8. The first-order valence-electron chi connectivity index (χ1n) is 22.6. The number of sulfonamides is 2. The summed E-state index contributed by atoms with van der Waals surface area (Å²) in [6.45, 7) is 11.5. The van der Waals surface area contributed by atoms with Crippen molar-refractivity contribution in [3.8, 4) is 10.4 Å². The monoisotopic (exact) mass is 1050 g/mol. The first kappa shape index (κ1) is 51.5. The van der Waals surface area contributed by atoms with Crippen LogP contribution in [0.4, 0.5) is 21.0 Å². The predicted molar refractivity (Wildman–Crippen MR) is 264 cm³/mol. The lowest BCUT2D eigenvalue weighted by Crippen LogP contribution is -2.42. The second kappa shape index (κ2) is 23.0. The molecule has 2 saturated carbocycles. The van der Waals surface area contributed by atoms with E-state index in [1.807, 2.05) is 33.9 Å². The molecule has 21 heteroatoms. The van der Waals surface area contributed by atoms with Crippen molar-refractivity contribution in [2.45, 2.75) is 145 Å². The molecule has 66 heavy (non-hydrogen) atoms. The number of aromatic nitrogens is 2. The zero-order valence-electron chi connectivity index (χ0n) is 38.2. The number of carbonyl (C=O) groups is 2. The maximum Gasteiger partial charge on any atom is 0.407 e. The number of nitrogens with two attached hydrogens (primary N) is 2. The van der Waals surface area contributed by atoms with E-state index in [1.54, 1.807) is 66.1 Å². The Morgan fingerprint density at radius 1 is 0.682 bits per heavy atom. The van der Waals surface area contributed by atoms with Crippen LogP contribution >= 0.6 is 38.6 Å². The molecule has 4 heterocycles. The van der Waals surface area contributed by atoms with Gasteiger partial charge in [0.2, 0.25) is 20.0 Å². The van der Waals surface area contributed by atoms with Crippen LogP contribution < -0.4 is 22.1 Å². The Kier molecular flexibility index (Phi) is 17.9. The highest BCUT2D eigenvalue weighted by Crippen LogP contribution is 2.41. The first-order valence-corrected chi connectivity index (χ1v) is 27.9. The van der Waals surface area contributed by atoms with Gasteiger partial charge in [-0.25, -0.2) is 36.4 Å². The quantitative estimate of drug-likeness (QED) is 0.103. The minimum Gasteiger partial charge on any atom is -0.447 e. The van der Waals surface area contributed by atoms with Gasteiger partial charge in [0.05, 0.1) is 46.9 Å². The van der Waals surface area contributed by atoms with Crippen LogP contribution in [0.25, 0.3) is 10.4 Å². The highest BCUT2D eigenvalue weighted by atomic mass is 79.9. The average Bonchev–Trinajstić information content (AvgIpc) is 3.87. The smallest absolute Gasteiger partial charge is 0.407 e. The number of alkyl carbamates (subject to hydrolysis) is 2. The molecule has 0 bridgehead atoms. The van der Waals surface area contributed by atoms with E-state index in [9.17, 15) is 26.4 Å². The minimum absolute atomic E-state index is 0.0657. The number of benzene rings is 2. The average molecular weight is 1050 g/mol. The van der Waals surface area contributed by atoms with Gasteiger partial charge < -0.3 is 31.6 Å². The largest absolute Gasteiger partial charge is 0.447 e. The Morgan fingerprint density at radius 2 is 1.12 bits per heavy atom. The summed E-state index contributed by atoms with van der Waals surface area (Å²) in [4.78, 5) is 33.8. The summed E-state index contributed by atoms with van der Waals surface area (Å²) in [5.74, 6) is 0.840. The maximum absolute atomic E-state index is 13.1. The van der Waals surface area contributed by atoms with Gasteiger partial charge in [-0.05, 0) is 145 Å². The number of carbonyl (C=O) groups excluding carboxylic acids is 2. The van der Waals surface area contributed by atoms with Crippen LogP contribution in [-0.2, 0) is 29.5 Å². The van der Waals surface area contributed by atoms with Crippen molar-refractivity contribution in [1.29, 1.82) is 0 Å². The Hall–Kier alpha value is -3.86. The van der Waals surface area contributed by atoms with E-state index in [4.69, 9.17) is 20.9 Å². The van der Waals surface area contributed by atoms with Crippen LogP contribution in [0.15, 0.2) is 62.4 Å². The van der Waals surface area contributed by atoms with E-state index in [1.165, 1.54) is 19.7 Å². The summed E-state index contributed by atoms with van der Waals surface area (Å²) < 4.78 is 64.6. The van der Waals surface area contributed by atoms with Crippen molar-refractivity contribution in [2.24, 2.45) is 0 Å². The van der Waals surface area contributed by atoms with Crippen molar-refractivity contribution < 1.29 is 35.9 Å². The summed E-state index contributed by atoms with van der Waals surface area (Å²) in [5, 5.41) is 8.09. The number of thiazole rings is 2. The van der Waals surface area contributed by atoms with E-state index >= 15 is 0 Å². The number of nitrogen functional groups attached to an aromatic ring is 2. The molecule has 0 spiro atoms. The van der Waals surface area contributed by atoms with Crippen molar-refractivity contribution >= 4 is 82.2 Å². The molecule has 4 aliphatic rings. The molecule has 0 atom stereocenters. The Labute approximate surface area is 405 Å². The zero-order chi connectivity index (χ0) is 47.8. The molecule has 2 amide bonds. The third-order valence-electron chi connectivity index (χ3n) is 11.9. The van der Waals surface area contributed by atoms with E-state index < -0.39 is 20.0 Å². The fourth-order valence-electron chi connectivity index (χ4n) is 8.04. The molecule has 0 radical (unpaired) electrons. The molecule has 8 rings (SSSR count). The van der Waals surface area contributed by atoms with E-state index in [-0.39, 0.29) is 41.4 Å². The lowest BCUT2D eigenvalue weighted by molar-refractivity contribution is 0.108. The van der Waals surface area contributed by atoms with E-state index in [0.717, 1.165) is 83.4 Å². The topological polar surface area (TPSA) is 229 Å². The van der Waals surface area contributed by atoms with Gasteiger partial charge >= 0.3 is 12.2 Å². The molecule has 2 saturated heterocycles. The number of aryl methyl sites for hydroxylation is 1. The van der Waals surface area contributed by atoms with E-state index in [2.05, 4.69) is 36.5 Å². The number of halogens is 1.